The smallest absolute Gasteiger partial charge is 0.340 e. The Bertz CT molecular complexity index is 821. The van der Waals surface area contributed by atoms with Crippen molar-refractivity contribution in [2.75, 3.05) is 17.2 Å². The number of nitrogens with zero attached hydrogens (tertiary/aromatic N) is 1. The molecular weight excluding hydrogens is 386 g/mol. The highest BCUT2D eigenvalue weighted by Crippen LogP contribution is 2.21. The van der Waals surface area contributed by atoms with Crippen LogP contribution >= 0.6 is 15.9 Å². The molecule has 0 aliphatic carbocycles. The lowest BCUT2D eigenvalue weighted by atomic mass is 10.1. The lowest BCUT2D eigenvalue weighted by Gasteiger charge is -2.13. The van der Waals surface area contributed by atoms with Crippen molar-refractivity contribution in [3.05, 3.63) is 51.3 Å². The van der Waals surface area contributed by atoms with Crippen LogP contribution in [0.1, 0.15) is 34.2 Å². The van der Waals surface area contributed by atoms with Gasteiger partial charge in [-0.15, -0.1) is 0 Å². The molecule has 0 saturated heterocycles. The van der Waals surface area contributed by atoms with Gasteiger partial charge in [0.05, 0.1) is 29.2 Å². The van der Waals surface area contributed by atoms with Crippen LogP contribution in [-0.2, 0) is 4.74 Å². The van der Waals surface area contributed by atoms with E-state index in [-0.39, 0.29) is 6.61 Å². The van der Waals surface area contributed by atoms with E-state index in [9.17, 15) is 9.59 Å². The van der Waals surface area contributed by atoms with Gasteiger partial charge in [0.1, 0.15) is 0 Å². The Hall–Kier alpha value is -2.41. The molecule has 0 spiro atoms. The van der Waals surface area contributed by atoms with E-state index in [1.807, 2.05) is 19.1 Å². The lowest BCUT2D eigenvalue weighted by Crippen LogP contribution is -2.21. The second-order valence-corrected chi connectivity index (χ2v) is 6.37. The fraction of sp³-hybridized carbons (Fsp3) is 0.278. The molecule has 0 fully saturated rings. The molecule has 1 heterocycles. The molecule has 2 aromatic rings. The molecule has 0 bridgehead atoms. The second kappa shape index (κ2) is 8.11. The molecule has 132 valence electrons. The van der Waals surface area contributed by atoms with Gasteiger partial charge >= 0.3 is 12.0 Å². The number of nitrogens with one attached hydrogen (secondary N) is 2. The molecule has 1 aromatic carbocycles. The summed E-state index contributed by atoms with van der Waals surface area (Å²) >= 11 is 3.42. The normalized spacial score (nSPS) is 10.3. The van der Waals surface area contributed by atoms with Crippen LogP contribution in [0.25, 0.3) is 0 Å². The molecule has 2 rings (SSSR count). The third kappa shape index (κ3) is 4.79. The fourth-order valence-corrected chi connectivity index (χ4v) is 2.52. The van der Waals surface area contributed by atoms with E-state index in [4.69, 9.17) is 4.74 Å². The average molecular weight is 406 g/mol. The molecular formula is C18H20BrN3O3. The highest BCUT2D eigenvalue weighted by Gasteiger charge is 2.15. The Kier molecular flexibility index (Phi) is 6.14. The summed E-state index contributed by atoms with van der Waals surface area (Å²) in [6.45, 7) is 7.45. The molecule has 0 unspecified atom stereocenters. The zero-order chi connectivity index (χ0) is 18.6. The molecule has 7 heteroatoms. The number of carbonyl (C=O) groups is 2. The minimum Gasteiger partial charge on any atom is -0.462 e. The monoisotopic (exact) mass is 405 g/mol. The molecule has 2 N–H and O–H groups in total. The van der Waals surface area contributed by atoms with Crippen LogP contribution in [0.2, 0.25) is 0 Å². The summed E-state index contributed by atoms with van der Waals surface area (Å²) in [6.07, 6.45) is 0. The first-order valence-corrected chi connectivity index (χ1v) is 8.60. The first-order valence-electron chi connectivity index (χ1n) is 7.81. The van der Waals surface area contributed by atoms with Gasteiger partial charge in [-0.1, -0.05) is 15.9 Å². The number of amides is 2. The predicted molar refractivity (Wildman–Crippen MR) is 101 cm³/mol. The van der Waals surface area contributed by atoms with Gasteiger partial charge in [-0.2, -0.15) is 0 Å². The quantitative estimate of drug-likeness (QED) is 0.728. The first-order chi connectivity index (χ1) is 11.8. The molecule has 0 saturated carbocycles. The Morgan fingerprint density at radius 3 is 2.48 bits per heavy atom. The number of anilines is 2. The van der Waals surface area contributed by atoms with Gasteiger partial charge in [0.25, 0.3) is 0 Å². The van der Waals surface area contributed by atoms with Crippen molar-refractivity contribution < 1.29 is 14.3 Å². The van der Waals surface area contributed by atoms with Crippen molar-refractivity contribution >= 4 is 39.3 Å². The highest BCUT2D eigenvalue weighted by atomic mass is 79.9. The van der Waals surface area contributed by atoms with Gasteiger partial charge in [0.2, 0.25) is 0 Å². The van der Waals surface area contributed by atoms with Crippen LogP contribution in [0.4, 0.5) is 16.2 Å². The van der Waals surface area contributed by atoms with E-state index in [1.54, 1.807) is 32.9 Å². The van der Waals surface area contributed by atoms with Gasteiger partial charge in [-0.25, -0.2) is 9.59 Å². The largest absolute Gasteiger partial charge is 0.462 e. The van der Waals surface area contributed by atoms with E-state index in [0.717, 1.165) is 10.0 Å². The zero-order valence-corrected chi connectivity index (χ0v) is 16.2. The number of benzene rings is 1. The summed E-state index contributed by atoms with van der Waals surface area (Å²) in [4.78, 5) is 28.5. The van der Waals surface area contributed by atoms with Crippen molar-refractivity contribution in [1.29, 1.82) is 0 Å². The first kappa shape index (κ1) is 18.9. The number of esters is 1. The second-order valence-electron chi connectivity index (χ2n) is 5.52. The molecule has 6 nitrogen and oxygen atoms in total. The summed E-state index contributed by atoms with van der Waals surface area (Å²) in [6, 6.07) is 6.68. The van der Waals surface area contributed by atoms with Crippen LogP contribution < -0.4 is 10.6 Å². The van der Waals surface area contributed by atoms with Gasteiger partial charge in [-0.05, 0) is 57.5 Å². The maximum Gasteiger partial charge on any atom is 0.340 e. The predicted octanol–water partition coefficient (Wildman–Crippen LogP) is 4.59. The van der Waals surface area contributed by atoms with E-state index < -0.39 is 12.0 Å². The number of rotatable bonds is 4. The number of hydrogen-bond donors (Lipinski definition) is 2. The van der Waals surface area contributed by atoms with Crippen LogP contribution in [-0.4, -0.2) is 23.6 Å². The van der Waals surface area contributed by atoms with Crippen molar-refractivity contribution in [2.24, 2.45) is 0 Å². The number of carbonyl (C=O) groups excluding carboxylic acids is 2. The Balaban J connectivity index is 2.18. The summed E-state index contributed by atoms with van der Waals surface area (Å²) < 4.78 is 5.99. The van der Waals surface area contributed by atoms with Crippen LogP contribution in [0.5, 0.6) is 0 Å². The molecule has 25 heavy (non-hydrogen) atoms. The van der Waals surface area contributed by atoms with Crippen molar-refractivity contribution in [1.82, 2.24) is 4.98 Å². The minimum atomic E-state index is -0.459. The van der Waals surface area contributed by atoms with Crippen molar-refractivity contribution in [3.63, 3.8) is 0 Å². The number of aromatic nitrogens is 1. The Labute approximate surface area is 155 Å². The maximum atomic E-state index is 12.2. The third-order valence-electron chi connectivity index (χ3n) is 3.56. The van der Waals surface area contributed by atoms with Crippen LogP contribution in [0.3, 0.4) is 0 Å². The summed E-state index contributed by atoms with van der Waals surface area (Å²) in [5, 5.41) is 5.48. The van der Waals surface area contributed by atoms with E-state index in [1.165, 1.54) is 0 Å². The standard InChI is InChI=1S/C18H20BrN3O3/c1-5-25-17(23)14-9-16(12(4)20-11(14)3)22-18(24)21-13-6-7-15(19)10(2)8-13/h6-9H,5H2,1-4H3,(H2,21,22,24). The van der Waals surface area contributed by atoms with Gasteiger partial charge < -0.3 is 15.4 Å². The molecule has 0 atom stereocenters. The summed E-state index contributed by atoms with van der Waals surface area (Å²) in [5.74, 6) is -0.459. The molecule has 2 amide bonds. The molecule has 0 aliphatic heterocycles. The van der Waals surface area contributed by atoms with Crippen LogP contribution in [0, 0.1) is 20.8 Å². The van der Waals surface area contributed by atoms with Gasteiger partial charge in [0, 0.05) is 10.2 Å². The average Bonchev–Trinajstić information content (AvgIpc) is 2.53. The number of pyridine rings is 1. The summed E-state index contributed by atoms with van der Waals surface area (Å²) in [5.41, 5.74) is 3.65. The summed E-state index contributed by atoms with van der Waals surface area (Å²) in [7, 11) is 0. The highest BCUT2D eigenvalue weighted by molar-refractivity contribution is 9.10. The van der Waals surface area contributed by atoms with Crippen LogP contribution in [0.15, 0.2) is 28.7 Å². The maximum absolute atomic E-state index is 12.2. The lowest BCUT2D eigenvalue weighted by molar-refractivity contribution is 0.0525. The minimum absolute atomic E-state index is 0.276. The zero-order valence-electron chi connectivity index (χ0n) is 14.6. The molecule has 1 aromatic heterocycles. The third-order valence-corrected chi connectivity index (χ3v) is 4.45. The Morgan fingerprint density at radius 2 is 1.84 bits per heavy atom. The van der Waals surface area contributed by atoms with E-state index in [0.29, 0.717) is 28.3 Å². The van der Waals surface area contributed by atoms with Gasteiger partial charge in [0.15, 0.2) is 0 Å². The van der Waals surface area contributed by atoms with E-state index in [2.05, 4.69) is 31.5 Å². The number of urea groups is 1. The van der Waals surface area contributed by atoms with Gasteiger partial charge in [-0.3, -0.25) is 4.98 Å². The number of hydrogen-bond acceptors (Lipinski definition) is 4. The number of halogens is 1. The topological polar surface area (TPSA) is 80.3 Å². The number of aryl methyl sites for hydroxylation is 3. The molecule has 0 aliphatic rings. The number of ether oxygens (including phenoxy) is 1. The Morgan fingerprint density at radius 1 is 1.12 bits per heavy atom. The van der Waals surface area contributed by atoms with Crippen molar-refractivity contribution in [3.8, 4) is 0 Å². The fourth-order valence-electron chi connectivity index (χ4n) is 2.27. The molecule has 0 radical (unpaired) electrons. The van der Waals surface area contributed by atoms with Crippen molar-refractivity contribution in [2.45, 2.75) is 27.7 Å². The van der Waals surface area contributed by atoms with E-state index >= 15 is 0 Å². The SMILES string of the molecule is CCOC(=O)c1cc(NC(=O)Nc2ccc(Br)c(C)c2)c(C)nc1C.